The van der Waals surface area contributed by atoms with Gasteiger partial charge in [0.2, 0.25) is 0 Å². The van der Waals surface area contributed by atoms with E-state index in [0.717, 1.165) is 25.1 Å². The molecule has 0 amide bonds. The minimum absolute atomic E-state index is 0.507. The summed E-state index contributed by atoms with van der Waals surface area (Å²) in [5.74, 6) is 0. The third-order valence-corrected chi connectivity index (χ3v) is 3.07. The van der Waals surface area contributed by atoms with Crippen molar-refractivity contribution in [2.24, 2.45) is 0 Å². The fraction of sp³-hybridized carbons (Fsp3) is 0.312. The fourth-order valence-corrected chi connectivity index (χ4v) is 1.91. The van der Waals surface area contributed by atoms with Crippen molar-refractivity contribution in [3.8, 4) is 0 Å². The van der Waals surface area contributed by atoms with Gasteiger partial charge in [0.1, 0.15) is 0 Å². The summed E-state index contributed by atoms with van der Waals surface area (Å²) in [6.07, 6.45) is 4.11. The third-order valence-electron chi connectivity index (χ3n) is 3.07. The number of benzene rings is 1. The Morgan fingerprint density at radius 3 is 2.56 bits per heavy atom. The molecular weight excluding hydrogens is 220 g/mol. The Morgan fingerprint density at radius 2 is 1.83 bits per heavy atom. The molecule has 0 spiro atoms. The second kappa shape index (κ2) is 6.92. The number of hydrogen-bond acceptors (Lipinski definition) is 2. The minimum Gasteiger partial charge on any atom is -0.309 e. The zero-order chi connectivity index (χ0) is 12.6. The molecule has 1 atom stereocenters. The molecule has 2 rings (SSSR count). The summed E-state index contributed by atoms with van der Waals surface area (Å²) >= 11 is 0. The molecule has 0 fully saturated rings. The van der Waals surface area contributed by atoms with Gasteiger partial charge < -0.3 is 5.32 Å². The smallest absolute Gasteiger partial charge is 0.0541 e. The lowest BCUT2D eigenvalue weighted by Crippen LogP contribution is -2.26. The second-order valence-corrected chi connectivity index (χ2v) is 4.63. The van der Waals surface area contributed by atoms with Gasteiger partial charge in [-0.1, -0.05) is 36.4 Å². The van der Waals surface area contributed by atoms with E-state index in [1.54, 1.807) is 0 Å². The first-order valence-electron chi connectivity index (χ1n) is 6.52. The molecular formula is C16H20N2. The molecule has 0 bridgehead atoms. The van der Waals surface area contributed by atoms with Crippen LogP contribution in [-0.4, -0.2) is 11.0 Å². The molecule has 2 nitrogen and oxygen atoms in total. The van der Waals surface area contributed by atoms with E-state index in [2.05, 4.69) is 53.6 Å². The lowest BCUT2D eigenvalue weighted by atomic mass is 10.1. The molecule has 18 heavy (non-hydrogen) atoms. The minimum atomic E-state index is 0.507. The van der Waals surface area contributed by atoms with E-state index in [0.29, 0.717) is 6.04 Å². The zero-order valence-electron chi connectivity index (χ0n) is 10.8. The van der Waals surface area contributed by atoms with Crippen LogP contribution >= 0.6 is 0 Å². The number of hydrogen-bond donors (Lipinski definition) is 1. The van der Waals surface area contributed by atoms with Crippen LogP contribution in [0.1, 0.15) is 24.6 Å². The topological polar surface area (TPSA) is 24.9 Å². The highest BCUT2D eigenvalue weighted by Crippen LogP contribution is 2.05. The van der Waals surface area contributed by atoms with E-state index >= 15 is 0 Å². The molecule has 0 aliphatic heterocycles. The third kappa shape index (κ3) is 4.30. The summed E-state index contributed by atoms with van der Waals surface area (Å²) in [6.45, 7) is 3.07. The fourth-order valence-electron chi connectivity index (χ4n) is 1.91. The Hall–Kier alpha value is -1.67. The predicted octanol–water partition coefficient (Wildman–Crippen LogP) is 3.19. The van der Waals surface area contributed by atoms with Crippen molar-refractivity contribution in [1.82, 2.24) is 10.3 Å². The lowest BCUT2D eigenvalue weighted by Gasteiger charge is -2.13. The monoisotopic (exact) mass is 240 g/mol. The highest BCUT2D eigenvalue weighted by Gasteiger charge is 2.02. The number of aryl methyl sites for hydroxylation is 1. The first-order chi connectivity index (χ1) is 8.84. The van der Waals surface area contributed by atoms with Gasteiger partial charge in [0, 0.05) is 18.8 Å². The molecule has 0 aliphatic rings. The van der Waals surface area contributed by atoms with E-state index < -0.39 is 0 Å². The van der Waals surface area contributed by atoms with Crippen LogP contribution in [0.15, 0.2) is 54.7 Å². The van der Waals surface area contributed by atoms with E-state index in [4.69, 9.17) is 0 Å². The normalized spacial score (nSPS) is 12.3. The van der Waals surface area contributed by atoms with Crippen LogP contribution in [0.3, 0.4) is 0 Å². The van der Waals surface area contributed by atoms with Crippen molar-refractivity contribution in [3.05, 3.63) is 66.0 Å². The summed E-state index contributed by atoms with van der Waals surface area (Å²) in [5.41, 5.74) is 2.51. The average Bonchev–Trinajstić information content (AvgIpc) is 2.45. The molecule has 1 aromatic heterocycles. The van der Waals surface area contributed by atoms with Gasteiger partial charge in [0.05, 0.1) is 5.69 Å². The van der Waals surface area contributed by atoms with Crippen LogP contribution in [0.5, 0.6) is 0 Å². The summed E-state index contributed by atoms with van der Waals surface area (Å²) in [7, 11) is 0. The molecule has 0 aliphatic carbocycles. The van der Waals surface area contributed by atoms with E-state index in [1.807, 2.05) is 18.3 Å². The Labute approximate surface area is 109 Å². The first-order valence-corrected chi connectivity index (χ1v) is 6.52. The highest BCUT2D eigenvalue weighted by molar-refractivity contribution is 5.14. The van der Waals surface area contributed by atoms with Crippen molar-refractivity contribution >= 4 is 0 Å². The van der Waals surface area contributed by atoms with Crippen molar-refractivity contribution < 1.29 is 0 Å². The van der Waals surface area contributed by atoms with Crippen LogP contribution in [0.2, 0.25) is 0 Å². The molecule has 0 unspecified atom stereocenters. The predicted molar refractivity (Wildman–Crippen MR) is 75.3 cm³/mol. The molecule has 1 heterocycles. The van der Waals surface area contributed by atoms with Crippen molar-refractivity contribution in [2.75, 3.05) is 0 Å². The maximum absolute atomic E-state index is 4.31. The maximum atomic E-state index is 4.31. The first kappa shape index (κ1) is 12.8. The number of aromatic nitrogens is 1. The second-order valence-electron chi connectivity index (χ2n) is 4.63. The summed E-state index contributed by atoms with van der Waals surface area (Å²) in [6, 6.07) is 17.2. The van der Waals surface area contributed by atoms with Crippen molar-refractivity contribution in [2.45, 2.75) is 32.4 Å². The summed E-state index contributed by atoms with van der Waals surface area (Å²) in [5, 5.41) is 3.51. The molecule has 0 saturated heterocycles. The molecule has 2 heteroatoms. The summed E-state index contributed by atoms with van der Waals surface area (Å²) < 4.78 is 0. The van der Waals surface area contributed by atoms with Gasteiger partial charge in [0.25, 0.3) is 0 Å². The van der Waals surface area contributed by atoms with Gasteiger partial charge in [0.15, 0.2) is 0 Å². The Bertz CT molecular complexity index is 396. The molecule has 0 saturated carbocycles. The van der Waals surface area contributed by atoms with E-state index in [9.17, 15) is 0 Å². The largest absolute Gasteiger partial charge is 0.309 e. The number of rotatable bonds is 6. The van der Waals surface area contributed by atoms with Gasteiger partial charge in [-0.15, -0.1) is 0 Å². The molecule has 94 valence electrons. The van der Waals surface area contributed by atoms with E-state index in [1.165, 1.54) is 5.56 Å². The lowest BCUT2D eigenvalue weighted by molar-refractivity contribution is 0.510. The molecule has 1 aromatic carbocycles. The SMILES string of the molecule is C[C@H](CCc1ccccc1)NCc1ccccn1. The maximum Gasteiger partial charge on any atom is 0.0541 e. The van der Waals surface area contributed by atoms with Crippen molar-refractivity contribution in [1.29, 1.82) is 0 Å². The Morgan fingerprint density at radius 1 is 1.06 bits per heavy atom. The van der Waals surface area contributed by atoms with Gasteiger partial charge in [-0.05, 0) is 37.5 Å². The molecule has 2 aromatic rings. The van der Waals surface area contributed by atoms with Crippen LogP contribution in [0, 0.1) is 0 Å². The number of nitrogens with one attached hydrogen (secondary N) is 1. The van der Waals surface area contributed by atoms with Gasteiger partial charge in [-0.25, -0.2) is 0 Å². The standard InChI is InChI=1S/C16H20N2/c1-14(10-11-15-7-3-2-4-8-15)18-13-16-9-5-6-12-17-16/h2-9,12,14,18H,10-11,13H2,1H3/t14-/m1/s1. The number of nitrogens with zero attached hydrogens (tertiary/aromatic N) is 1. The van der Waals surface area contributed by atoms with E-state index in [-0.39, 0.29) is 0 Å². The molecule has 0 radical (unpaired) electrons. The van der Waals surface area contributed by atoms with Gasteiger partial charge >= 0.3 is 0 Å². The Balaban J connectivity index is 1.71. The quantitative estimate of drug-likeness (QED) is 0.838. The van der Waals surface area contributed by atoms with Gasteiger partial charge in [-0.3, -0.25) is 4.98 Å². The van der Waals surface area contributed by atoms with Gasteiger partial charge in [-0.2, -0.15) is 0 Å². The zero-order valence-corrected chi connectivity index (χ0v) is 10.8. The van der Waals surface area contributed by atoms with Crippen LogP contribution < -0.4 is 5.32 Å². The molecule has 1 N–H and O–H groups in total. The average molecular weight is 240 g/mol. The van der Waals surface area contributed by atoms with Crippen LogP contribution in [0.4, 0.5) is 0 Å². The van der Waals surface area contributed by atoms with Crippen LogP contribution in [-0.2, 0) is 13.0 Å². The summed E-state index contributed by atoms with van der Waals surface area (Å²) in [4.78, 5) is 4.31. The van der Waals surface area contributed by atoms with Crippen LogP contribution in [0.25, 0.3) is 0 Å². The van der Waals surface area contributed by atoms with Crippen molar-refractivity contribution in [3.63, 3.8) is 0 Å². The number of pyridine rings is 1. The Kier molecular flexibility index (Phi) is 4.91. The highest BCUT2D eigenvalue weighted by atomic mass is 14.9.